The summed E-state index contributed by atoms with van der Waals surface area (Å²) < 4.78 is 19.0. The summed E-state index contributed by atoms with van der Waals surface area (Å²) >= 11 is 6.27. The maximum Gasteiger partial charge on any atom is 0.146 e. The second-order valence-electron chi connectivity index (χ2n) is 5.16. The summed E-state index contributed by atoms with van der Waals surface area (Å²) in [6.07, 6.45) is 2.56. The molecule has 1 heterocycles. The van der Waals surface area contributed by atoms with E-state index in [0.29, 0.717) is 0 Å². The molecule has 0 saturated heterocycles. The Morgan fingerprint density at radius 2 is 2.14 bits per heavy atom. The van der Waals surface area contributed by atoms with Gasteiger partial charge in [0, 0.05) is 28.9 Å². The van der Waals surface area contributed by atoms with Crippen molar-refractivity contribution in [2.45, 2.75) is 37.4 Å². The van der Waals surface area contributed by atoms with Crippen molar-refractivity contribution in [3.8, 4) is 5.75 Å². The van der Waals surface area contributed by atoms with Crippen LogP contribution in [-0.4, -0.2) is 32.4 Å². The number of methoxy groups -OCH3 is 1. The lowest BCUT2D eigenvalue weighted by Gasteiger charge is -2.13. The van der Waals surface area contributed by atoms with Crippen LogP contribution in [0.15, 0.2) is 18.2 Å². The van der Waals surface area contributed by atoms with Crippen molar-refractivity contribution in [1.29, 1.82) is 0 Å². The molecule has 0 amide bonds. The zero-order chi connectivity index (χ0) is 15.6. The Morgan fingerprint density at radius 1 is 1.43 bits per heavy atom. The second-order valence-corrected chi connectivity index (χ2v) is 7.62. The van der Waals surface area contributed by atoms with Gasteiger partial charge in [0.2, 0.25) is 0 Å². The minimum absolute atomic E-state index is 0.145. The Kier molecular flexibility index (Phi) is 5.27. The molecule has 0 spiro atoms. The number of benzene rings is 1. The minimum Gasteiger partial charge on any atom is -0.494 e. The number of hydrogen-bond acceptors (Lipinski definition) is 3. The van der Waals surface area contributed by atoms with E-state index in [-0.39, 0.29) is 10.6 Å². The van der Waals surface area contributed by atoms with Gasteiger partial charge >= 0.3 is 0 Å². The predicted octanol–water partition coefficient (Wildman–Crippen LogP) is 3.50. The molecule has 4 nitrogen and oxygen atoms in total. The van der Waals surface area contributed by atoms with Crippen molar-refractivity contribution in [1.82, 2.24) is 9.55 Å². The van der Waals surface area contributed by atoms with Crippen molar-refractivity contribution in [3.63, 3.8) is 0 Å². The van der Waals surface area contributed by atoms with Gasteiger partial charge in [0.15, 0.2) is 0 Å². The molecule has 0 aliphatic carbocycles. The molecule has 21 heavy (non-hydrogen) atoms. The van der Waals surface area contributed by atoms with E-state index in [2.05, 4.69) is 9.55 Å². The van der Waals surface area contributed by atoms with Gasteiger partial charge in [-0.25, -0.2) is 4.98 Å². The largest absolute Gasteiger partial charge is 0.494 e. The first kappa shape index (κ1) is 16.3. The Bertz CT molecular complexity index is 654. The van der Waals surface area contributed by atoms with E-state index in [4.69, 9.17) is 16.3 Å². The fourth-order valence-electron chi connectivity index (χ4n) is 2.32. The van der Waals surface area contributed by atoms with E-state index < -0.39 is 10.8 Å². The van der Waals surface area contributed by atoms with Gasteiger partial charge in [-0.3, -0.25) is 4.21 Å². The van der Waals surface area contributed by atoms with Crippen LogP contribution in [0.4, 0.5) is 0 Å². The maximum absolute atomic E-state index is 11.5. The van der Waals surface area contributed by atoms with Gasteiger partial charge in [0.25, 0.3) is 0 Å². The average Bonchev–Trinajstić information content (AvgIpc) is 2.83. The van der Waals surface area contributed by atoms with Crippen LogP contribution < -0.4 is 4.74 Å². The SMILES string of the molecule is COc1cccc2c1nc(C(C)Cl)n2CCC(C)S(C)=O. The molecule has 6 heteroatoms. The standard InChI is InChI=1S/C15H21ClN2O2S/c1-10(21(4)19)8-9-18-12-6-5-7-13(20-3)14(12)17-15(18)11(2)16/h5-7,10-11H,8-9H2,1-4H3. The zero-order valence-corrected chi connectivity index (χ0v) is 14.4. The van der Waals surface area contributed by atoms with E-state index in [0.717, 1.165) is 35.6 Å². The Hall–Kier alpha value is -1.07. The molecule has 0 aliphatic rings. The highest BCUT2D eigenvalue weighted by atomic mass is 35.5. The van der Waals surface area contributed by atoms with Gasteiger partial charge in [-0.15, -0.1) is 11.6 Å². The molecule has 1 aromatic heterocycles. The highest BCUT2D eigenvalue weighted by Gasteiger charge is 2.18. The first-order valence-corrected chi connectivity index (χ1v) is 9.01. The third-order valence-corrected chi connectivity index (χ3v) is 5.24. The second kappa shape index (κ2) is 6.79. The van der Waals surface area contributed by atoms with Crippen LogP contribution in [0, 0.1) is 0 Å². The van der Waals surface area contributed by atoms with Gasteiger partial charge in [-0.2, -0.15) is 0 Å². The molecule has 0 fully saturated rings. The lowest BCUT2D eigenvalue weighted by atomic mass is 10.2. The number of fused-ring (bicyclic) bond motifs is 1. The molecule has 0 aliphatic heterocycles. The Balaban J connectivity index is 2.44. The van der Waals surface area contributed by atoms with Crippen molar-refractivity contribution in [2.75, 3.05) is 13.4 Å². The number of hydrogen-bond donors (Lipinski definition) is 0. The summed E-state index contributed by atoms with van der Waals surface area (Å²) in [6.45, 7) is 4.66. The summed E-state index contributed by atoms with van der Waals surface area (Å²) in [5, 5.41) is -0.0453. The van der Waals surface area contributed by atoms with Crippen LogP contribution in [0.3, 0.4) is 0 Å². The normalized spacial score (nSPS) is 15.9. The molecule has 3 unspecified atom stereocenters. The van der Waals surface area contributed by atoms with E-state index in [1.165, 1.54) is 0 Å². The Morgan fingerprint density at radius 3 is 2.71 bits per heavy atom. The lowest BCUT2D eigenvalue weighted by molar-refractivity contribution is 0.419. The van der Waals surface area contributed by atoms with E-state index in [9.17, 15) is 4.21 Å². The molecular weight excluding hydrogens is 308 g/mol. The third-order valence-electron chi connectivity index (χ3n) is 3.67. The van der Waals surface area contributed by atoms with Crippen molar-refractivity contribution in [3.05, 3.63) is 24.0 Å². The number of halogens is 1. The fraction of sp³-hybridized carbons (Fsp3) is 0.533. The number of rotatable bonds is 6. The Labute approximate surface area is 132 Å². The van der Waals surface area contributed by atoms with E-state index in [1.54, 1.807) is 13.4 Å². The molecule has 0 N–H and O–H groups in total. The van der Waals surface area contributed by atoms with Crippen LogP contribution >= 0.6 is 11.6 Å². The summed E-state index contributed by atoms with van der Waals surface area (Å²) in [6, 6.07) is 5.86. The monoisotopic (exact) mass is 328 g/mol. The molecule has 0 saturated carbocycles. The number of ether oxygens (including phenoxy) is 1. The number of aryl methyl sites for hydroxylation is 1. The van der Waals surface area contributed by atoms with Gasteiger partial charge in [-0.05, 0) is 25.5 Å². The van der Waals surface area contributed by atoms with Crippen LogP contribution in [0.2, 0.25) is 0 Å². The number of nitrogens with zero attached hydrogens (tertiary/aromatic N) is 2. The van der Waals surface area contributed by atoms with Crippen molar-refractivity contribution >= 4 is 33.4 Å². The quantitative estimate of drug-likeness (QED) is 0.762. The average molecular weight is 329 g/mol. The molecule has 0 radical (unpaired) electrons. The summed E-state index contributed by atoms with van der Waals surface area (Å²) in [4.78, 5) is 4.64. The van der Waals surface area contributed by atoms with Gasteiger partial charge in [0.05, 0.1) is 18.0 Å². The summed E-state index contributed by atoms with van der Waals surface area (Å²) in [7, 11) is 0.819. The zero-order valence-electron chi connectivity index (χ0n) is 12.8. The highest BCUT2D eigenvalue weighted by Crippen LogP contribution is 2.30. The molecule has 0 bridgehead atoms. The summed E-state index contributed by atoms with van der Waals surface area (Å²) in [5.41, 5.74) is 1.83. The van der Waals surface area contributed by atoms with E-state index >= 15 is 0 Å². The fourth-order valence-corrected chi connectivity index (χ4v) is 2.92. The molecule has 1 aromatic carbocycles. The topological polar surface area (TPSA) is 44.1 Å². The van der Waals surface area contributed by atoms with Crippen LogP contribution in [0.1, 0.15) is 31.5 Å². The lowest BCUT2D eigenvalue weighted by Crippen LogP contribution is -2.14. The smallest absolute Gasteiger partial charge is 0.146 e. The predicted molar refractivity (Wildman–Crippen MR) is 88.7 cm³/mol. The maximum atomic E-state index is 11.5. The van der Waals surface area contributed by atoms with Gasteiger partial charge in [-0.1, -0.05) is 13.0 Å². The van der Waals surface area contributed by atoms with Crippen LogP contribution in [0.5, 0.6) is 5.75 Å². The first-order valence-electron chi connectivity index (χ1n) is 6.95. The van der Waals surface area contributed by atoms with Gasteiger partial charge in [0.1, 0.15) is 17.1 Å². The number of imidazole rings is 1. The third kappa shape index (κ3) is 3.40. The highest BCUT2D eigenvalue weighted by molar-refractivity contribution is 7.84. The van der Waals surface area contributed by atoms with Gasteiger partial charge < -0.3 is 9.30 Å². The number of para-hydroxylation sites is 1. The molecule has 3 atom stereocenters. The number of aromatic nitrogens is 2. The summed E-state index contributed by atoms with van der Waals surface area (Å²) in [5.74, 6) is 1.57. The van der Waals surface area contributed by atoms with Crippen molar-refractivity contribution in [2.24, 2.45) is 0 Å². The van der Waals surface area contributed by atoms with Crippen molar-refractivity contribution < 1.29 is 8.95 Å². The van der Waals surface area contributed by atoms with Crippen LogP contribution in [0.25, 0.3) is 11.0 Å². The molecule has 2 aromatic rings. The first-order chi connectivity index (χ1) is 9.95. The van der Waals surface area contributed by atoms with Crippen LogP contribution in [-0.2, 0) is 17.3 Å². The molecule has 2 rings (SSSR count). The minimum atomic E-state index is -0.820. The van der Waals surface area contributed by atoms with E-state index in [1.807, 2.05) is 32.0 Å². The molecule has 116 valence electrons. The number of alkyl halides is 1. The molecular formula is C15H21ClN2O2S.